The highest BCUT2D eigenvalue weighted by Crippen LogP contribution is 2.25. The van der Waals surface area contributed by atoms with Crippen LogP contribution < -0.4 is 5.32 Å². The Morgan fingerprint density at radius 3 is 2.84 bits per heavy atom. The van der Waals surface area contributed by atoms with Crippen molar-refractivity contribution in [3.63, 3.8) is 0 Å². The summed E-state index contributed by atoms with van der Waals surface area (Å²) in [6.45, 7) is 5.99. The fourth-order valence-electron chi connectivity index (χ4n) is 2.13. The van der Waals surface area contributed by atoms with Crippen LogP contribution in [0.15, 0.2) is 18.3 Å². The Morgan fingerprint density at radius 2 is 2.32 bits per heavy atom. The smallest absolute Gasteiger partial charge is 0.337 e. The number of likely N-dealkylation sites (N-methyl/N-ethyl adjacent to an activating group) is 1. The van der Waals surface area contributed by atoms with Crippen LogP contribution in [-0.2, 0) is 6.54 Å². The van der Waals surface area contributed by atoms with E-state index < -0.39 is 5.97 Å². The van der Waals surface area contributed by atoms with Crippen LogP contribution in [0.5, 0.6) is 0 Å². The quantitative estimate of drug-likeness (QED) is 0.693. The fraction of sp³-hybridized carbons (Fsp3) is 0.571. The Labute approximate surface area is 113 Å². The number of carbonyl (C=O) groups is 1. The van der Waals surface area contributed by atoms with E-state index in [2.05, 4.69) is 22.1 Å². The van der Waals surface area contributed by atoms with Crippen molar-refractivity contribution < 1.29 is 9.90 Å². The van der Waals surface area contributed by atoms with Gasteiger partial charge in [0.1, 0.15) is 0 Å². The lowest BCUT2D eigenvalue weighted by atomic mass is 10.2. The third kappa shape index (κ3) is 4.29. The molecule has 1 heterocycles. The Kier molecular flexibility index (Phi) is 4.87. The van der Waals surface area contributed by atoms with Gasteiger partial charge in [-0.05, 0) is 31.5 Å². The molecule has 1 aliphatic rings. The molecule has 0 bridgehead atoms. The number of hydrogen-bond acceptors (Lipinski definition) is 4. The van der Waals surface area contributed by atoms with E-state index in [1.165, 1.54) is 19.0 Å². The number of nitrogens with one attached hydrogen (secondary N) is 1. The lowest BCUT2D eigenvalue weighted by molar-refractivity contribution is 0.0696. The molecule has 1 fully saturated rings. The van der Waals surface area contributed by atoms with Crippen LogP contribution in [0, 0.1) is 0 Å². The molecule has 0 amide bonds. The second kappa shape index (κ2) is 6.63. The van der Waals surface area contributed by atoms with Crippen molar-refractivity contribution in [2.45, 2.75) is 32.4 Å². The van der Waals surface area contributed by atoms with E-state index in [0.717, 1.165) is 31.4 Å². The molecule has 2 rings (SSSR count). The van der Waals surface area contributed by atoms with Gasteiger partial charge in [-0.15, -0.1) is 0 Å². The molecular weight excluding hydrogens is 242 g/mol. The largest absolute Gasteiger partial charge is 0.478 e. The van der Waals surface area contributed by atoms with Gasteiger partial charge in [0.15, 0.2) is 0 Å². The minimum Gasteiger partial charge on any atom is -0.478 e. The van der Waals surface area contributed by atoms with Crippen LogP contribution >= 0.6 is 0 Å². The molecule has 5 nitrogen and oxygen atoms in total. The molecule has 0 aliphatic heterocycles. The van der Waals surface area contributed by atoms with Gasteiger partial charge in [0.2, 0.25) is 0 Å². The van der Waals surface area contributed by atoms with E-state index in [9.17, 15) is 4.79 Å². The predicted molar refractivity (Wildman–Crippen MR) is 73.2 cm³/mol. The number of aromatic carboxylic acids is 1. The Balaban J connectivity index is 1.68. The van der Waals surface area contributed by atoms with Crippen LogP contribution in [0.1, 0.15) is 35.8 Å². The van der Waals surface area contributed by atoms with Crippen molar-refractivity contribution in [3.8, 4) is 0 Å². The number of carboxylic acids is 1. The van der Waals surface area contributed by atoms with Gasteiger partial charge in [0, 0.05) is 31.9 Å². The number of rotatable bonds is 8. The maximum atomic E-state index is 10.7. The highest BCUT2D eigenvalue weighted by atomic mass is 16.4. The minimum absolute atomic E-state index is 0.231. The van der Waals surface area contributed by atoms with Gasteiger partial charge < -0.3 is 10.4 Å². The van der Waals surface area contributed by atoms with E-state index in [1.54, 1.807) is 12.1 Å². The van der Waals surface area contributed by atoms with E-state index in [1.807, 2.05) is 0 Å². The molecular formula is C14H21N3O2. The molecule has 0 spiro atoms. The van der Waals surface area contributed by atoms with Gasteiger partial charge in [0.25, 0.3) is 0 Å². The first-order chi connectivity index (χ1) is 9.20. The first kappa shape index (κ1) is 14.0. The number of aromatic nitrogens is 1. The van der Waals surface area contributed by atoms with Crippen LogP contribution in [0.4, 0.5) is 0 Å². The zero-order valence-corrected chi connectivity index (χ0v) is 11.3. The Bertz CT molecular complexity index is 415. The van der Waals surface area contributed by atoms with Crippen LogP contribution in [0.3, 0.4) is 0 Å². The second-order valence-corrected chi connectivity index (χ2v) is 4.88. The highest BCUT2D eigenvalue weighted by molar-refractivity contribution is 5.87. The zero-order valence-electron chi connectivity index (χ0n) is 11.3. The number of carboxylic acid groups (broad SMARTS) is 1. The van der Waals surface area contributed by atoms with Crippen LogP contribution in [-0.4, -0.2) is 46.6 Å². The molecule has 0 aromatic carbocycles. The number of nitrogens with zero attached hydrogens (tertiary/aromatic N) is 2. The first-order valence-electron chi connectivity index (χ1n) is 6.83. The van der Waals surface area contributed by atoms with E-state index in [0.29, 0.717) is 6.54 Å². The molecule has 0 saturated heterocycles. The Morgan fingerprint density at radius 1 is 1.53 bits per heavy atom. The molecule has 19 heavy (non-hydrogen) atoms. The van der Waals surface area contributed by atoms with Gasteiger partial charge in [-0.1, -0.05) is 6.92 Å². The number of pyridine rings is 1. The van der Waals surface area contributed by atoms with E-state index in [4.69, 9.17) is 5.11 Å². The Hall–Kier alpha value is -1.46. The molecule has 0 unspecified atom stereocenters. The van der Waals surface area contributed by atoms with Crippen molar-refractivity contribution >= 4 is 5.97 Å². The third-order valence-electron chi connectivity index (χ3n) is 3.42. The summed E-state index contributed by atoms with van der Waals surface area (Å²) in [6, 6.07) is 4.16. The maximum Gasteiger partial charge on any atom is 0.337 e. The molecule has 0 atom stereocenters. The second-order valence-electron chi connectivity index (χ2n) is 4.88. The van der Waals surface area contributed by atoms with Crippen molar-refractivity contribution in [2.24, 2.45) is 0 Å². The molecule has 0 radical (unpaired) electrons. The molecule has 5 heteroatoms. The van der Waals surface area contributed by atoms with Crippen molar-refractivity contribution in [3.05, 3.63) is 29.6 Å². The summed E-state index contributed by atoms with van der Waals surface area (Å²) in [5, 5.41) is 12.1. The van der Waals surface area contributed by atoms with Crippen LogP contribution in [0.2, 0.25) is 0 Å². The third-order valence-corrected chi connectivity index (χ3v) is 3.42. The number of hydrogen-bond donors (Lipinski definition) is 2. The van der Waals surface area contributed by atoms with Crippen LogP contribution in [0.25, 0.3) is 0 Å². The summed E-state index contributed by atoms with van der Waals surface area (Å²) in [7, 11) is 0. The molecule has 1 aliphatic carbocycles. The maximum absolute atomic E-state index is 10.7. The van der Waals surface area contributed by atoms with Gasteiger partial charge in [-0.2, -0.15) is 0 Å². The average Bonchev–Trinajstić information content (AvgIpc) is 3.24. The standard InChI is InChI=1S/C14H21N3O2/c1-2-17(13-5-6-13)8-7-15-10-12-4-3-11(9-16-12)14(18)19/h3-4,9,13,15H,2,5-8,10H2,1H3,(H,18,19). The summed E-state index contributed by atoms with van der Waals surface area (Å²) in [5.74, 6) is -0.935. The predicted octanol–water partition coefficient (Wildman–Crippen LogP) is 1.35. The minimum atomic E-state index is -0.935. The van der Waals surface area contributed by atoms with E-state index in [-0.39, 0.29) is 5.56 Å². The molecule has 1 saturated carbocycles. The lowest BCUT2D eigenvalue weighted by Crippen LogP contribution is -2.33. The van der Waals surface area contributed by atoms with Crippen molar-refractivity contribution in [1.82, 2.24) is 15.2 Å². The SMILES string of the molecule is CCN(CCNCc1ccc(C(=O)O)cn1)C1CC1. The summed E-state index contributed by atoms with van der Waals surface area (Å²) < 4.78 is 0. The van der Waals surface area contributed by atoms with Gasteiger partial charge >= 0.3 is 5.97 Å². The van der Waals surface area contributed by atoms with E-state index >= 15 is 0 Å². The lowest BCUT2D eigenvalue weighted by Gasteiger charge is -2.19. The average molecular weight is 263 g/mol. The summed E-state index contributed by atoms with van der Waals surface area (Å²) >= 11 is 0. The van der Waals surface area contributed by atoms with Crippen molar-refractivity contribution in [1.29, 1.82) is 0 Å². The highest BCUT2D eigenvalue weighted by Gasteiger charge is 2.26. The van der Waals surface area contributed by atoms with Crippen molar-refractivity contribution in [2.75, 3.05) is 19.6 Å². The van der Waals surface area contributed by atoms with Gasteiger partial charge in [-0.3, -0.25) is 9.88 Å². The first-order valence-corrected chi connectivity index (χ1v) is 6.83. The van der Waals surface area contributed by atoms with Gasteiger partial charge in [0.05, 0.1) is 11.3 Å². The van der Waals surface area contributed by atoms with Gasteiger partial charge in [-0.25, -0.2) is 4.79 Å². The normalized spacial score (nSPS) is 14.8. The molecule has 2 N–H and O–H groups in total. The zero-order chi connectivity index (χ0) is 13.7. The molecule has 1 aromatic heterocycles. The molecule has 104 valence electrons. The monoisotopic (exact) mass is 263 g/mol. The summed E-state index contributed by atoms with van der Waals surface area (Å²) in [5.41, 5.74) is 1.11. The summed E-state index contributed by atoms with van der Waals surface area (Å²) in [4.78, 5) is 17.3. The topological polar surface area (TPSA) is 65.5 Å². The fourth-order valence-corrected chi connectivity index (χ4v) is 2.13. The molecule has 1 aromatic rings. The summed E-state index contributed by atoms with van der Waals surface area (Å²) in [6.07, 6.45) is 4.08.